The molecular formula is C34H28N2O5. The van der Waals surface area contributed by atoms with Crippen LogP contribution in [0.3, 0.4) is 0 Å². The van der Waals surface area contributed by atoms with Gasteiger partial charge in [-0.3, -0.25) is 19.3 Å². The van der Waals surface area contributed by atoms with E-state index in [9.17, 15) is 19.2 Å². The number of nitrogens with zero attached hydrogens (tertiary/aromatic N) is 1. The molecule has 7 heteroatoms. The first-order valence-corrected chi connectivity index (χ1v) is 14.0. The molecule has 4 aromatic carbocycles. The number of fused-ring (bicyclic) bond motifs is 6. The van der Waals surface area contributed by atoms with E-state index in [1.165, 1.54) is 22.6 Å². The highest BCUT2D eigenvalue weighted by atomic mass is 16.5. The van der Waals surface area contributed by atoms with Crippen LogP contribution >= 0.6 is 0 Å². The molecule has 3 aliphatic rings. The number of carbonyl (C=O) groups is 4. The number of amides is 3. The lowest BCUT2D eigenvalue weighted by Crippen LogP contribution is -2.33. The quantitative estimate of drug-likeness (QED) is 0.253. The van der Waals surface area contributed by atoms with Crippen molar-refractivity contribution < 1.29 is 23.9 Å². The average molecular weight is 545 g/mol. The molecule has 0 aromatic heterocycles. The first-order valence-electron chi connectivity index (χ1n) is 14.0. The van der Waals surface area contributed by atoms with Gasteiger partial charge in [-0.15, -0.1) is 0 Å². The van der Waals surface area contributed by atoms with Crippen molar-refractivity contribution in [1.29, 1.82) is 0 Å². The molecule has 1 aliphatic heterocycles. The van der Waals surface area contributed by atoms with E-state index in [4.69, 9.17) is 4.74 Å². The van der Waals surface area contributed by atoms with Gasteiger partial charge in [0, 0.05) is 11.1 Å². The van der Waals surface area contributed by atoms with E-state index in [1.54, 1.807) is 18.2 Å². The number of hydrogen-bond acceptors (Lipinski definition) is 5. The Hall–Kier alpha value is -4.78. The first kappa shape index (κ1) is 25.2. The van der Waals surface area contributed by atoms with E-state index in [-0.39, 0.29) is 41.0 Å². The Bertz CT molecular complexity index is 1680. The van der Waals surface area contributed by atoms with Crippen LogP contribution in [0.5, 0.6) is 0 Å². The van der Waals surface area contributed by atoms with E-state index in [0.717, 1.165) is 23.6 Å². The second-order valence-electron chi connectivity index (χ2n) is 11.2. The predicted molar refractivity (Wildman–Crippen MR) is 154 cm³/mol. The molecule has 4 aromatic rings. The molecule has 204 valence electrons. The van der Waals surface area contributed by atoms with E-state index in [2.05, 4.69) is 17.4 Å². The second-order valence-corrected chi connectivity index (χ2v) is 11.2. The number of rotatable bonds is 6. The minimum Gasteiger partial charge on any atom is -0.452 e. The molecule has 0 spiro atoms. The molecule has 7 nitrogen and oxygen atoms in total. The molecule has 2 bridgehead atoms. The summed E-state index contributed by atoms with van der Waals surface area (Å²) < 4.78 is 5.23. The van der Waals surface area contributed by atoms with Gasteiger partial charge in [0.2, 0.25) is 11.8 Å². The summed E-state index contributed by atoms with van der Waals surface area (Å²) in [5.41, 5.74) is 2.57. The van der Waals surface area contributed by atoms with E-state index < -0.39 is 18.5 Å². The summed E-state index contributed by atoms with van der Waals surface area (Å²) in [5.74, 6) is -1.27. The van der Waals surface area contributed by atoms with Crippen molar-refractivity contribution in [3.8, 4) is 0 Å². The van der Waals surface area contributed by atoms with Crippen LogP contribution in [-0.2, 0) is 19.1 Å². The zero-order valence-electron chi connectivity index (χ0n) is 22.2. The van der Waals surface area contributed by atoms with E-state index in [0.29, 0.717) is 17.3 Å². The zero-order chi connectivity index (χ0) is 28.1. The van der Waals surface area contributed by atoms with Crippen LogP contribution in [0, 0.1) is 23.7 Å². The molecule has 2 aliphatic carbocycles. The van der Waals surface area contributed by atoms with Crippen molar-refractivity contribution >= 4 is 45.8 Å². The van der Waals surface area contributed by atoms with Crippen LogP contribution in [0.4, 0.5) is 11.4 Å². The van der Waals surface area contributed by atoms with Gasteiger partial charge >= 0.3 is 5.97 Å². The van der Waals surface area contributed by atoms with Gasteiger partial charge in [-0.05, 0) is 71.9 Å². The normalized spacial score (nSPS) is 24.5. The smallest absolute Gasteiger partial charge is 0.338 e. The average Bonchev–Trinajstić information content (AvgIpc) is 3.68. The molecule has 2 saturated carbocycles. The van der Waals surface area contributed by atoms with Gasteiger partial charge in [0.15, 0.2) is 6.61 Å². The van der Waals surface area contributed by atoms with Crippen LogP contribution < -0.4 is 10.2 Å². The molecule has 3 fully saturated rings. The Morgan fingerprint density at radius 3 is 2.29 bits per heavy atom. The number of carbonyl (C=O) groups excluding carboxylic acids is 4. The van der Waals surface area contributed by atoms with E-state index in [1.807, 2.05) is 54.6 Å². The number of imide groups is 1. The lowest BCUT2D eigenvalue weighted by Gasteiger charge is -2.28. The molecule has 3 amide bonds. The Kier molecular flexibility index (Phi) is 6.15. The monoisotopic (exact) mass is 544 g/mol. The minimum absolute atomic E-state index is 0.139. The molecule has 1 N–H and O–H groups in total. The summed E-state index contributed by atoms with van der Waals surface area (Å²) in [4.78, 5) is 53.4. The summed E-state index contributed by atoms with van der Waals surface area (Å²) in [6, 6.07) is 29.8. The third-order valence-electron chi connectivity index (χ3n) is 9.00. The fourth-order valence-corrected chi connectivity index (χ4v) is 7.28. The van der Waals surface area contributed by atoms with Crippen LogP contribution in [0.15, 0.2) is 97.1 Å². The molecule has 0 radical (unpaired) electrons. The number of hydrogen-bond donors (Lipinski definition) is 1. The maximum atomic E-state index is 13.6. The summed E-state index contributed by atoms with van der Waals surface area (Å²) in [6.45, 7) is -0.443. The molecule has 1 heterocycles. The van der Waals surface area contributed by atoms with Gasteiger partial charge < -0.3 is 10.1 Å². The molecule has 7 rings (SSSR count). The lowest BCUT2D eigenvalue weighted by atomic mass is 9.73. The summed E-state index contributed by atoms with van der Waals surface area (Å²) in [6.07, 6.45) is 1.85. The Labute approximate surface area is 237 Å². The first-order chi connectivity index (χ1) is 20.0. The fourth-order valence-electron chi connectivity index (χ4n) is 7.28. The van der Waals surface area contributed by atoms with Gasteiger partial charge in [0.1, 0.15) is 0 Å². The van der Waals surface area contributed by atoms with Gasteiger partial charge in [-0.1, -0.05) is 66.7 Å². The molecule has 1 saturated heterocycles. The lowest BCUT2D eigenvalue weighted by molar-refractivity contribution is -0.123. The maximum Gasteiger partial charge on any atom is 0.338 e. The molecule has 0 unspecified atom stereocenters. The van der Waals surface area contributed by atoms with Crippen molar-refractivity contribution in [3.05, 3.63) is 108 Å². The summed E-state index contributed by atoms with van der Waals surface area (Å²) in [5, 5.41) is 4.68. The van der Waals surface area contributed by atoms with Crippen LogP contribution in [-0.4, -0.2) is 30.3 Å². The highest BCUT2D eigenvalue weighted by Crippen LogP contribution is 2.61. The van der Waals surface area contributed by atoms with Crippen LogP contribution in [0.1, 0.15) is 34.7 Å². The Balaban J connectivity index is 1.00. The Morgan fingerprint density at radius 1 is 0.780 bits per heavy atom. The highest BCUT2D eigenvalue weighted by molar-refractivity contribution is 6.22. The second kappa shape index (κ2) is 10.0. The zero-order valence-corrected chi connectivity index (χ0v) is 22.2. The highest BCUT2D eigenvalue weighted by Gasteiger charge is 2.64. The summed E-state index contributed by atoms with van der Waals surface area (Å²) >= 11 is 0. The maximum absolute atomic E-state index is 13.6. The SMILES string of the molecule is O=C(COC(=O)c1ccc(N2C(=O)[C@@H]3[C@@H]4C[C@@H]([C@@H]3C2=O)[C@H](c2ccccc2)C4)cc1)Nc1cccc2ccccc12. The van der Waals surface area contributed by atoms with Gasteiger partial charge in [0.25, 0.3) is 5.91 Å². The Morgan fingerprint density at radius 2 is 1.49 bits per heavy atom. The molecule has 5 atom stereocenters. The number of benzene rings is 4. The minimum atomic E-state index is -0.663. The van der Waals surface area contributed by atoms with Crippen molar-refractivity contribution in [2.24, 2.45) is 23.7 Å². The number of anilines is 2. The van der Waals surface area contributed by atoms with Crippen molar-refractivity contribution in [3.63, 3.8) is 0 Å². The molecular weight excluding hydrogens is 516 g/mol. The van der Waals surface area contributed by atoms with Crippen molar-refractivity contribution in [2.75, 3.05) is 16.8 Å². The number of nitrogens with one attached hydrogen (secondary N) is 1. The molecule has 41 heavy (non-hydrogen) atoms. The van der Waals surface area contributed by atoms with Gasteiger partial charge in [-0.2, -0.15) is 0 Å². The van der Waals surface area contributed by atoms with Crippen LogP contribution in [0.25, 0.3) is 10.8 Å². The number of esters is 1. The predicted octanol–water partition coefficient (Wildman–Crippen LogP) is 5.56. The fraction of sp³-hybridized carbons (Fsp3) is 0.235. The van der Waals surface area contributed by atoms with Crippen molar-refractivity contribution in [2.45, 2.75) is 18.8 Å². The van der Waals surface area contributed by atoms with E-state index >= 15 is 0 Å². The van der Waals surface area contributed by atoms with Crippen molar-refractivity contribution in [1.82, 2.24) is 0 Å². The largest absolute Gasteiger partial charge is 0.452 e. The summed E-state index contributed by atoms with van der Waals surface area (Å²) in [7, 11) is 0. The van der Waals surface area contributed by atoms with Gasteiger partial charge in [0.05, 0.1) is 23.1 Å². The third kappa shape index (κ3) is 4.29. The number of ether oxygens (including phenoxy) is 1. The topological polar surface area (TPSA) is 92.8 Å². The van der Waals surface area contributed by atoms with Gasteiger partial charge in [-0.25, -0.2) is 4.79 Å². The third-order valence-corrected chi connectivity index (χ3v) is 9.00. The van der Waals surface area contributed by atoms with Crippen LogP contribution in [0.2, 0.25) is 0 Å². The standard InChI is InChI=1S/C34H28N2O5/c37-29(35-28-12-6-10-20-9-4-5-11-25(20)28)19-41-34(40)22-13-15-24(16-14-22)36-32(38)30-23-17-26(21-7-2-1-3-8-21)27(18-23)31(30)33(36)39/h1-16,23,26-27,30-31H,17-19H2,(H,35,37)/t23-,26-,27+,30+,31-/m0/s1.